The molecule has 0 aliphatic carbocycles. The maximum atomic E-state index is 4.97. The predicted molar refractivity (Wildman–Crippen MR) is 170 cm³/mol. The van der Waals surface area contributed by atoms with Gasteiger partial charge in [0, 0.05) is 33.0 Å². The van der Waals surface area contributed by atoms with Crippen LogP contribution in [0.1, 0.15) is 0 Å². The number of benzene rings is 6. The van der Waals surface area contributed by atoms with E-state index in [0.29, 0.717) is 17.5 Å². The van der Waals surface area contributed by atoms with E-state index in [2.05, 4.69) is 66.7 Å². The van der Waals surface area contributed by atoms with Crippen LogP contribution in [-0.4, -0.2) is 19.3 Å². The van der Waals surface area contributed by atoms with E-state index in [1.165, 1.54) is 26.2 Å². The molecule has 0 amide bonds. The molecular formula is C36H22N4S. The van der Waals surface area contributed by atoms with Gasteiger partial charge in [0.2, 0.25) is 0 Å². The third-order valence-electron chi connectivity index (χ3n) is 7.44. The van der Waals surface area contributed by atoms with E-state index in [1.54, 1.807) is 11.5 Å². The molecule has 8 rings (SSSR count). The van der Waals surface area contributed by atoms with E-state index >= 15 is 0 Å². The molecule has 0 radical (unpaired) electrons. The molecule has 4 nitrogen and oxygen atoms in total. The predicted octanol–water partition coefficient (Wildman–Crippen LogP) is 9.46. The van der Waals surface area contributed by atoms with Gasteiger partial charge < -0.3 is 0 Å². The Morgan fingerprint density at radius 1 is 0.415 bits per heavy atom. The Kier molecular flexibility index (Phi) is 5.61. The van der Waals surface area contributed by atoms with Crippen molar-refractivity contribution in [2.45, 2.75) is 0 Å². The molecule has 5 heteroatoms. The minimum Gasteiger partial charge on any atom is -0.208 e. The summed E-state index contributed by atoms with van der Waals surface area (Å²) in [5.41, 5.74) is 5.00. The second-order valence-electron chi connectivity index (χ2n) is 9.97. The number of rotatable bonds is 4. The molecule has 41 heavy (non-hydrogen) atoms. The van der Waals surface area contributed by atoms with Crippen LogP contribution in [0.15, 0.2) is 133 Å². The first-order valence-corrected chi connectivity index (χ1v) is 14.3. The second kappa shape index (κ2) is 9.73. The standard InChI is InChI=1S/C36H22N4S/c1-4-10-25(11-5-1)33-32-30(41-40-33)21-20-24-18-16-23-17-19-28(22-29(23)31(24)32)36-38-34(26-12-6-2-7-13-26)37-35(39-36)27-14-8-3-9-15-27/h1-22H. The van der Waals surface area contributed by atoms with Crippen molar-refractivity contribution in [2.75, 3.05) is 0 Å². The number of fused-ring (bicyclic) bond motifs is 5. The van der Waals surface area contributed by atoms with E-state index in [1.807, 2.05) is 66.7 Å². The highest BCUT2D eigenvalue weighted by Gasteiger charge is 2.16. The SMILES string of the molecule is c1ccc(-c2nc(-c3ccccc3)nc(-c3ccc4ccc5ccc6snc(-c7ccccc7)c6c5c4c3)n2)cc1. The van der Waals surface area contributed by atoms with Gasteiger partial charge in [-0.2, -0.15) is 4.37 Å². The van der Waals surface area contributed by atoms with Gasteiger partial charge in [-0.05, 0) is 39.8 Å². The van der Waals surface area contributed by atoms with Crippen LogP contribution in [0, 0.1) is 0 Å². The van der Waals surface area contributed by atoms with E-state index in [4.69, 9.17) is 19.3 Å². The Hall–Kier alpha value is -5.26. The number of nitrogens with zero attached hydrogens (tertiary/aromatic N) is 4. The van der Waals surface area contributed by atoms with Crippen LogP contribution >= 0.6 is 11.5 Å². The van der Waals surface area contributed by atoms with E-state index in [-0.39, 0.29) is 0 Å². The fourth-order valence-electron chi connectivity index (χ4n) is 5.45. The number of hydrogen-bond acceptors (Lipinski definition) is 5. The summed E-state index contributed by atoms with van der Waals surface area (Å²) in [6, 6.07) is 45.9. The second-order valence-corrected chi connectivity index (χ2v) is 10.8. The summed E-state index contributed by atoms with van der Waals surface area (Å²) in [6.45, 7) is 0. The third-order valence-corrected chi connectivity index (χ3v) is 8.25. The van der Waals surface area contributed by atoms with Crippen molar-refractivity contribution < 1.29 is 0 Å². The van der Waals surface area contributed by atoms with Crippen LogP contribution in [0.5, 0.6) is 0 Å². The Balaban J connectivity index is 1.40. The van der Waals surface area contributed by atoms with Crippen molar-refractivity contribution in [3.63, 3.8) is 0 Å². The largest absolute Gasteiger partial charge is 0.208 e. The first-order valence-electron chi connectivity index (χ1n) is 13.5. The lowest BCUT2D eigenvalue weighted by molar-refractivity contribution is 1.07. The Morgan fingerprint density at radius 2 is 0.927 bits per heavy atom. The molecule has 0 fully saturated rings. The lowest BCUT2D eigenvalue weighted by atomic mass is 9.95. The molecule has 0 spiro atoms. The van der Waals surface area contributed by atoms with Crippen LogP contribution in [0.3, 0.4) is 0 Å². The maximum absolute atomic E-state index is 4.97. The first kappa shape index (κ1) is 23.6. The van der Waals surface area contributed by atoms with E-state index < -0.39 is 0 Å². The fraction of sp³-hybridized carbons (Fsp3) is 0. The van der Waals surface area contributed by atoms with Gasteiger partial charge >= 0.3 is 0 Å². The molecule has 0 bridgehead atoms. The van der Waals surface area contributed by atoms with Crippen LogP contribution < -0.4 is 0 Å². The average Bonchev–Trinajstić information content (AvgIpc) is 3.50. The highest BCUT2D eigenvalue weighted by Crippen LogP contribution is 2.40. The molecular weight excluding hydrogens is 520 g/mol. The fourth-order valence-corrected chi connectivity index (χ4v) is 6.25. The average molecular weight is 543 g/mol. The molecule has 0 unspecified atom stereocenters. The van der Waals surface area contributed by atoms with Gasteiger partial charge in [-0.25, -0.2) is 15.0 Å². The summed E-state index contributed by atoms with van der Waals surface area (Å²) >= 11 is 1.55. The molecule has 192 valence electrons. The summed E-state index contributed by atoms with van der Waals surface area (Å²) in [5.74, 6) is 1.96. The molecule has 8 aromatic rings. The lowest BCUT2D eigenvalue weighted by Crippen LogP contribution is -2.00. The summed E-state index contributed by atoms with van der Waals surface area (Å²) in [7, 11) is 0. The minimum absolute atomic E-state index is 0.649. The van der Waals surface area contributed by atoms with E-state index in [0.717, 1.165) is 33.3 Å². The zero-order valence-electron chi connectivity index (χ0n) is 21.9. The van der Waals surface area contributed by atoms with Crippen molar-refractivity contribution >= 4 is 43.2 Å². The quantitative estimate of drug-likeness (QED) is 0.208. The normalized spacial score (nSPS) is 11.4. The van der Waals surface area contributed by atoms with Gasteiger partial charge in [-0.15, -0.1) is 0 Å². The summed E-state index contributed by atoms with van der Waals surface area (Å²) in [4.78, 5) is 14.8. The molecule has 0 saturated heterocycles. The van der Waals surface area contributed by atoms with Crippen LogP contribution in [-0.2, 0) is 0 Å². The monoisotopic (exact) mass is 542 g/mol. The van der Waals surface area contributed by atoms with Crippen molar-refractivity contribution in [2.24, 2.45) is 0 Å². The van der Waals surface area contributed by atoms with Gasteiger partial charge in [-0.1, -0.05) is 121 Å². The molecule has 6 aromatic carbocycles. The van der Waals surface area contributed by atoms with Crippen LogP contribution in [0.4, 0.5) is 0 Å². The van der Waals surface area contributed by atoms with Gasteiger partial charge in [0.25, 0.3) is 0 Å². The third kappa shape index (κ3) is 4.15. The van der Waals surface area contributed by atoms with Gasteiger partial charge in [0.1, 0.15) is 0 Å². The van der Waals surface area contributed by atoms with Crippen LogP contribution in [0.25, 0.3) is 77.1 Å². The molecule has 0 aliphatic rings. The molecule has 0 aliphatic heterocycles. The van der Waals surface area contributed by atoms with E-state index in [9.17, 15) is 0 Å². The Bertz CT molecular complexity index is 2130. The minimum atomic E-state index is 0.649. The lowest BCUT2D eigenvalue weighted by Gasteiger charge is -2.11. The molecule has 0 atom stereocenters. The smallest absolute Gasteiger partial charge is 0.164 e. The van der Waals surface area contributed by atoms with Crippen LogP contribution in [0.2, 0.25) is 0 Å². The van der Waals surface area contributed by atoms with Gasteiger partial charge in [0.15, 0.2) is 17.5 Å². The molecule has 2 aromatic heterocycles. The summed E-state index contributed by atoms with van der Waals surface area (Å²) in [6.07, 6.45) is 0. The highest BCUT2D eigenvalue weighted by molar-refractivity contribution is 7.14. The maximum Gasteiger partial charge on any atom is 0.164 e. The summed E-state index contributed by atoms with van der Waals surface area (Å²) in [5, 5.41) is 5.90. The topological polar surface area (TPSA) is 51.6 Å². The van der Waals surface area contributed by atoms with Crippen molar-refractivity contribution in [1.82, 2.24) is 19.3 Å². The molecule has 2 heterocycles. The van der Waals surface area contributed by atoms with Gasteiger partial charge in [0.05, 0.1) is 10.4 Å². The van der Waals surface area contributed by atoms with Crippen molar-refractivity contribution in [3.8, 4) is 45.4 Å². The zero-order chi connectivity index (χ0) is 27.2. The van der Waals surface area contributed by atoms with Gasteiger partial charge in [-0.3, -0.25) is 0 Å². The number of hydrogen-bond donors (Lipinski definition) is 0. The number of aromatic nitrogens is 4. The molecule has 0 N–H and O–H groups in total. The van der Waals surface area contributed by atoms with Crippen molar-refractivity contribution in [1.29, 1.82) is 0 Å². The Morgan fingerprint density at radius 3 is 1.56 bits per heavy atom. The highest BCUT2D eigenvalue weighted by atomic mass is 32.1. The molecule has 0 saturated carbocycles. The van der Waals surface area contributed by atoms with Crippen molar-refractivity contribution in [3.05, 3.63) is 133 Å². The summed E-state index contributed by atoms with van der Waals surface area (Å²) < 4.78 is 6.08. The first-order chi connectivity index (χ1) is 20.3. The zero-order valence-corrected chi connectivity index (χ0v) is 22.7. The Labute approximate surface area is 240 Å².